The van der Waals surface area contributed by atoms with Crippen molar-refractivity contribution in [2.45, 2.75) is 51.9 Å². The maximum absolute atomic E-state index is 9.13. The summed E-state index contributed by atoms with van der Waals surface area (Å²) < 4.78 is 13.5. The fourth-order valence-electron chi connectivity index (χ4n) is 16.4. The van der Waals surface area contributed by atoms with Crippen molar-refractivity contribution in [3.63, 3.8) is 0 Å². The van der Waals surface area contributed by atoms with Gasteiger partial charge in [-0.15, -0.1) is 0 Å². The van der Waals surface area contributed by atoms with E-state index in [0.29, 0.717) is 41.0 Å². The lowest BCUT2D eigenvalue weighted by Crippen LogP contribution is -2.54. The van der Waals surface area contributed by atoms with Gasteiger partial charge >= 0.3 is 0 Å². The molecule has 19 rings (SSSR count). The largest absolute Gasteiger partial charge is 0.371 e. The van der Waals surface area contributed by atoms with Crippen LogP contribution < -0.4 is 20.0 Å². The van der Waals surface area contributed by atoms with E-state index >= 15 is 0 Å². The molecule has 1 spiro atoms. The van der Waals surface area contributed by atoms with Gasteiger partial charge in [-0.05, 0) is 178 Å². The second-order valence-corrected chi connectivity index (χ2v) is 29.0. The standard InChI is InChI=1S/C28H29N7.C28H28N6.C26H25N5/c1-19-14-34(17-23(19)15-32(2)3)27-9-8-25-24(31-27)18-33-16-22(21-6-4-20(13-29)5-7-21)12-26(33)28-30-10-11-35(25)28;1-31(2)25-4-3-12-32(19-25)24-9-10-26-23(14-24)18-33-17-22(21-7-5-20(16-29)6-8-21)15-27(33)28-30-11-13-34(26)28;1-2-4-19(5-3-1)20-13-24-25-28-9-11-31(25)23-7-6-22(12-21(23)15-30(24)14-20)29-10-8-26(18-29)16-27-17-26/h4-12,16,19,23H,14-15,17-18H2,1-3H3;5-11,13-15,17,25H,3-4,12,18-19H2,1-2H3;1-7,9,11-14,27H,8,10,15-18H2/t19-,23+;25-;/m10./s1. The second kappa shape index (κ2) is 25.7. The molecule has 18 heteroatoms. The zero-order valence-corrected chi connectivity index (χ0v) is 57.5. The van der Waals surface area contributed by atoms with Gasteiger partial charge in [-0.2, -0.15) is 10.5 Å². The van der Waals surface area contributed by atoms with Crippen molar-refractivity contribution in [2.24, 2.45) is 17.3 Å². The van der Waals surface area contributed by atoms with Crippen LogP contribution in [0.25, 0.3) is 85.0 Å². The molecule has 7 aliphatic heterocycles. The van der Waals surface area contributed by atoms with Gasteiger partial charge in [0, 0.05) is 167 Å². The Hall–Kier alpha value is -11.0. The first-order chi connectivity index (χ1) is 48.9. The number of nitrogens with zero attached hydrogens (tertiary/aromatic N) is 17. The fraction of sp³-hybridized carbons (Fsp3) is 0.293. The summed E-state index contributed by atoms with van der Waals surface area (Å²) in [6, 6.07) is 56.0. The number of imidazole rings is 3. The van der Waals surface area contributed by atoms with Crippen LogP contribution in [-0.2, 0) is 19.6 Å². The highest BCUT2D eigenvalue weighted by Gasteiger charge is 2.43. The number of nitrogens with one attached hydrogen (secondary N) is 1. The molecule has 0 saturated carbocycles. The van der Waals surface area contributed by atoms with Crippen molar-refractivity contribution in [2.75, 3.05) is 102 Å². The molecule has 500 valence electrons. The lowest BCUT2D eigenvalue weighted by Gasteiger charge is -2.39. The van der Waals surface area contributed by atoms with Crippen molar-refractivity contribution < 1.29 is 0 Å². The van der Waals surface area contributed by atoms with E-state index in [1.54, 1.807) is 0 Å². The topological polar surface area (TPSA) is 157 Å². The number of benzene rings is 5. The first-order valence-corrected chi connectivity index (χ1v) is 35.2. The Morgan fingerprint density at radius 1 is 0.530 bits per heavy atom. The molecule has 3 atom stereocenters. The summed E-state index contributed by atoms with van der Waals surface area (Å²) >= 11 is 0. The predicted octanol–water partition coefficient (Wildman–Crippen LogP) is 13.2. The monoisotopic (exact) mass is 1320 g/mol. The molecule has 0 bridgehead atoms. The zero-order valence-electron chi connectivity index (χ0n) is 57.5. The maximum atomic E-state index is 9.13. The summed E-state index contributed by atoms with van der Waals surface area (Å²) in [7, 11) is 8.68. The highest BCUT2D eigenvalue weighted by Crippen LogP contribution is 2.42. The second-order valence-electron chi connectivity index (χ2n) is 29.0. The molecule has 100 heavy (non-hydrogen) atoms. The van der Waals surface area contributed by atoms with Crippen LogP contribution in [-0.4, -0.2) is 150 Å². The number of aromatic nitrogens is 10. The molecule has 14 heterocycles. The van der Waals surface area contributed by atoms with E-state index < -0.39 is 0 Å². The van der Waals surface area contributed by atoms with Crippen LogP contribution in [0.1, 0.15) is 54.1 Å². The molecule has 4 saturated heterocycles. The number of piperidine rings is 1. The van der Waals surface area contributed by atoms with Crippen molar-refractivity contribution in [1.29, 1.82) is 10.5 Å². The minimum Gasteiger partial charge on any atom is -0.371 e. The number of nitriles is 2. The van der Waals surface area contributed by atoms with Gasteiger partial charge in [0.2, 0.25) is 0 Å². The fourth-order valence-corrected chi connectivity index (χ4v) is 16.4. The Morgan fingerprint density at radius 2 is 1.05 bits per heavy atom. The van der Waals surface area contributed by atoms with Crippen LogP contribution in [0.2, 0.25) is 0 Å². The van der Waals surface area contributed by atoms with E-state index in [4.69, 9.17) is 30.5 Å². The predicted molar refractivity (Wildman–Crippen MR) is 396 cm³/mol. The van der Waals surface area contributed by atoms with Gasteiger partial charge in [-0.1, -0.05) is 61.5 Å². The lowest BCUT2D eigenvalue weighted by atomic mass is 9.81. The number of anilines is 3. The molecular formula is C82H82N18. The van der Waals surface area contributed by atoms with E-state index in [2.05, 4.69) is 233 Å². The molecule has 18 nitrogen and oxygen atoms in total. The Balaban J connectivity index is 0.000000112. The highest BCUT2D eigenvalue weighted by atomic mass is 15.3. The SMILES string of the molecule is CN(C)[C@H]1CCCN(c2ccc3c(c2)Cn2cc(-c4ccc(C#N)cc4)cc2-c2nccn2-3)C1.C[C@@H]1CN(c2ccc3c(n2)Cn2cc(-c4ccc(C#N)cc4)cc2-c2nccn2-3)C[C@@H]1CN(C)C.c1ccc(-c2cc3n(c2)Cc2cc(N4CCC5(CNC5)C4)ccc2-n2ccnc2-3)cc1. The number of fused-ring (bicyclic) bond motifs is 15. The number of hydrogen-bond acceptors (Lipinski definition) is 12. The van der Waals surface area contributed by atoms with Crippen LogP contribution in [0.5, 0.6) is 0 Å². The van der Waals surface area contributed by atoms with Gasteiger partial charge in [0.25, 0.3) is 0 Å². The van der Waals surface area contributed by atoms with E-state index in [0.717, 1.165) is 121 Å². The third-order valence-electron chi connectivity index (χ3n) is 21.9. The molecule has 5 aromatic carbocycles. The Kier molecular flexibility index (Phi) is 16.1. The van der Waals surface area contributed by atoms with Crippen LogP contribution >= 0.6 is 0 Å². The quantitative estimate of drug-likeness (QED) is 0.146. The molecule has 12 aromatic rings. The molecule has 7 aromatic heterocycles. The average Bonchev–Trinajstić information content (AvgIpc) is 1.61. The van der Waals surface area contributed by atoms with Crippen LogP contribution in [0.3, 0.4) is 0 Å². The molecule has 7 aliphatic rings. The minimum absolute atomic E-state index is 0.502. The van der Waals surface area contributed by atoms with Gasteiger partial charge in [-0.25, -0.2) is 19.9 Å². The van der Waals surface area contributed by atoms with Crippen LogP contribution in [0.4, 0.5) is 17.2 Å². The third-order valence-corrected chi connectivity index (χ3v) is 21.9. The summed E-state index contributed by atoms with van der Waals surface area (Å²) in [6.07, 6.45) is 22.2. The number of pyridine rings is 1. The normalized spacial score (nSPS) is 18.0. The van der Waals surface area contributed by atoms with Gasteiger partial charge in [-0.3, -0.25) is 13.7 Å². The first kappa shape index (κ1) is 62.5. The van der Waals surface area contributed by atoms with E-state index in [1.807, 2.05) is 73.3 Å². The lowest BCUT2D eigenvalue weighted by molar-refractivity contribution is 0.200. The summed E-state index contributed by atoms with van der Waals surface area (Å²) in [6.45, 7) is 14.7. The summed E-state index contributed by atoms with van der Waals surface area (Å²) in [5, 5.41) is 21.7. The summed E-state index contributed by atoms with van der Waals surface area (Å²) in [5.41, 5.74) is 22.0. The van der Waals surface area contributed by atoms with Crippen molar-refractivity contribution in [3.05, 3.63) is 229 Å². The van der Waals surface area contributed by atoms with Gasteiger partial charge < -0.3 is 43.5 Å². The van der Waals surface area contributed by atoms with E-state index in [9.17, 15) is 0 Å². The molecule has 0 unspecified atom stereocenters. The smallest absolute Gasteiger partial charge is 0.161 e. The summed E-state index contributed by atoms with van der Waals surface area (Å²) in [5.74, 6) is 5.23. The van der Waals surface area contributed by atoms with E-state index in [1.165, 1.54) is 89.6 Å². The Morgan fingerprint density at radius 3 is 1.56 bits per heavy atom. The zero-order chi connectivity index (χ0) is 67.8. The van der Waals surface area contributed by atoms with Crippen LogP contribution in [0.15, 0.2) is 201 Å². The number of hydrogen-bond donors (Lipinski definition) is 1. The molecule has 4 fully saturated rings. The molecule has 0 amide bonds. The average molecular weight is 1320 g/mol. The van der Waals surface area contributed by atoms with Crippen molar-refractivity contribution in [1.82, 2.24) is 62.5 Å². The van der Waals surface area contributed by atoms with Gasteiger partial charge in [0.05, 0.1) is 69.6 Å². The Bertz CT molecular complexity index is 5090. The molecule has 1 N–H and O–H groups in total. The van der Waals surface area contributed by atoms with Crippen molar-refractivity contribution >= 4 is 17.2 Å². The maximum Gasteiger partial charge on any atom is 0.161 e. The minimum atomic E-state index is 0.502. The van der Waals surface area contributed by atoms with Crippen LogP contribution in [0, 0.1) is 39.9 Å². The molecule has 0 radical (unpaired) electrons. The molecular weight excluding hydrogens is 1240 g/mol. The molecule has 0 aliphatic carbocycles. The third kappa shape index (κ3) is 11.6. The number of rotatable bonds is 9. The van der Waals surface area contributed by atoms with Gasteiger partial charge in [0.1, 0.15) is 5.82 Å². The highest BCUT2D eigenvalue weighted by molar-refractivity contribution is 5.76. The van der Waals surface area contributed by atoms with Crippen molar-refractivity contribution in [3.8, 4) is 97.1 Å². The first-order valence-electron chi connectivity index (χ1n) is 35.2. The summed E-state index contributed by atoms with van der Waals surface area (Å²) in [4.78, 5) is 31.5. The van der Waals surface area contributed by atoms with E-state index in [-0.39, 0.29) is 0 Å². The number of likely N-dealkylation sites (N-methyl/N-ethyl adjacent to an activating group) is 1. The Labute approximate surface area is 584 Å². The van der Waals surface area contributed by atoms with Gasteiger partial charge in [0.15, 0.2) is 17.5 Å².